The average Bonchev–Trinajstić information content (AvgIpc) is 2.95. The van der Waals surface area contributed by atoms with Crippen LogP contribution in [0.15, 0.2) is 34.1 Å². The highest BCUT2D eigenvalue weighted by molar-refractivity contribution is 7.91. The van der Waals surface area contributed by atoms with E-state index in [-0.39, 0.29) is 5.92 Å². The molecule has 0 bridgehead atoms. The van der Waals surface area contributed by atoms with Gasteiger partial charge in [-0.3, -0.25) is 0 Å². The normalized spacial score (nSPS) is 20.3. The summed E-state index contributed by atoms with van der Waals surface area (Å²) in [5.41, 5.74) is 1.83. The van der Waals surface area contributed by atoms with Crippen LogP contribution in [0, 0.1) is 12.8 Å². The van der Waals surface area contributed by atoms with Gasteiger partial charge >= 0.3 is 0 Å². The summed E-state index contributed by atoms with van der Waals surface area (Å²) in [5, 5.41) is 1.78. The van der Waals surface area contributed by atoms with Crippen molar-refractivity contribution in [2.45, 2.75) is 17.6 Å². The number of hydrogen-bond donors (Lipinski definition) is 0. The first-order valence-electron chi connectivity index (χ1n) is 7.44. The van der Waals surface area contributed by atoms with Crippen molar-refractivity contribution >= 4 is 21.4 Å². The zero-order valence-corrected chi connectivity index (χ0v) is 14.5. The number of rotatable bonds is 4. The molecular weight excluding hydrogens is 334 g/mol. The molecule has 23 heavy (non-hydrogen) atoms. The summed E-state index contributed by atoms with van der Waals surface area (Å²) in [6, 6.07) is 5.34. The lowest BCUT2D eigenvalue weighted by molar-refractivity contribution is 0.122. The van der Waals surface area contributed by atoms with Gasteiger partial charge in [0.25, 0.3) is 10.0 Å². The molecule has 1 atom stereocenters. The third-order valence-corrected chi connectivity index (χ3v) is 6.99. The summed E-state index contributed by atoms with van der Waals surface area (Å²) in [7, 11) is -3.44. The van der Waals surface area contributed by atoms with Crippen LogP contribution >= 0.6 is 11.3 Å². The summed E-state index contributed by atoms with van der Waals surface area (Å²) in [6.45, 7) is 3.72. The molecule has 0 aliphatic carbocycles. The molecule has 2 aromatic rings. The van der Waals surface area contributed by atoms with Crippen LogP contribution in [-0.4, -0.2) is 49.0 Å². The van der Waals surface area contributed by atoms with Crippen molar-refractivity contribution in [2.24, 2.45) is 5.92 Å². The van der Waals surface area contributed by atoms with Gasteiger partial charge in [-0.2, -0.15) is 4.31 Å². The molecule has 0 spiro atoms. The van der Waals surface area contributed by atoms with E-state index < -0.39 is 10.0 Å². The average molecular weight is 353 g/mol. The molecule has 1 fully saturated rings. The predicted molar refractivity (Wildman–Crippen MR) is 87.9 cm³/mol. The van der Waals surface area contributed by atoms with Gasteiger partial charge < -0.3 is 4.74 Å². The summed E-state index contributed by atoms with van der Waals surface area (Å²) in [4.78, 5) is 8.36. The first-order valence-corrected chi connectivity index (χ1v) is 9.76. The zero-order chi connectivity index (χ0) is 16.3. The number of ether oxygens (including phenoxy) is 1. The SMILES string of the molecule is Cc1cc(C[C@H]2COCCN(S(=O)(=O)c3cccs3)C2)ncn1. The van der Waals surface area contributed by atoms with Gasteiger partial charge in [0.15, 0.2) is 0 Å². The van der Waals surface area contributed by atoms with Crippen molar-refractivity contribution in [1.82, 2.24) is 14.3 Å². The molecule has 0 saturated carbocycles. The van der Waals surface area contributed by atoms with Crippen LogP contribution in [-0.2, 0) is 21.2 Å². The van der Waals surface area contributed by atoms with E-state index in [1.165, 1.54) is 15.6 Å². The maximum Gasteiger partial charge on any atom is 0.252 e. The minimum absolute atomic E-state index is 0.0848. The highest BCUT2D eigenvalue weighted by Gasteiger charge is 2.30. The minimum atomic E-state index is -3.44. The quantitative estimate of drug-likeness (QED) is 0.837. The van der Waals surface area contributed by atoms with E-state index in [1.807, 2.05) is 13.0 Å². The van der Waals surface area contributed by atoms with Crippen LogP contribution in [0.3, 0.4) is 0 Å². The van der Waals surface area contributed by atoms with Gasteiger partial charge in [0, 0.05) is 30.4 Å². The highest BCUT2D eigenvalue weighted by Crippen LogP contribution is 2.23. The maximum atomic E-state index is 12.7. The molecule has 8 heteroatoms. The molecule has 6 nitrogen and oxygen atoms in total. The molecule has 1 aliphatic heterocycles. The molecule has 0 amide bonds. The summed E-state index contributed by atoms with van der Waals surface area (Å²) in [6.07, 6.45) is 2.22. The van der Waals surface area contributed by atoms with E-state index in [2.05, 4.69) is 9.97 Å². The second kappa shape index (κ2) is 7.04. The van der Waals surface area contributed by atoms with E-state index in [0.717, 1.165) is 11.4 Å². The van der Waals surface area contributed by atoms with Gasteiger partial charge in [-0.05, 0) is 30.9 Å². The second-order valence-electron chi connectivity index (χ2n) is 5.59. The lowest BCUT2D eigenvalue weighted by Crippen LogP contribution is -2.36. The molecular formula is C15H19N3O3S2. The van der Waals surface area contributed by atoms with Crippen LogP contribution in [0.2, 0.25) is 0 Å². The van der Waals surface area contributed by atoms with E-state index in [1.54, 1.807) is 23.8 Å². The fourth-order valence-corrected chi connectivity index (χ4v) is 5.29. The summed E-state index contributed by atoms with van der Waals surface area (Å²) < 4.78 is 32.9. The smallest absolute Gasteiger partial charge is 0.252 e. The molecule has 0 N–H and O–H groups in total. The van der Waals surface area contributed by atoms with Gasteiger partial charge in [-0.15, -0.1) is 11.3 Å². The Kier molecular flexibility index (Phi) is 5.05. The molecule has 0 aromatic carbocycles. The van der Waals surface area contributed by atoms with Gasteiger partial charge in [-0.25, -0.2) is 18.4 Å². The Morgan fingerprint density at radius 2 is 2.30 bits per heavy atom. The highest BCUT2D eigenvalue weighted by atomic mass is 32.2. The van der Waals surface area contributed by atoms with E-state index in [9.17, 15) is 8.42 Å². The van der Waals surface area contributed by atoms with Crippen molar-refractivity contribution < 1.29 is 13.2 Å². The molecule has 2 aromatic heterocycles. The number of sulfonamides is 1. The molecule has 3 heterocycles. The van der Waals surface area contributed by atoms with Crippen LogP contribution in [0.25, 0.3) is 0 Å². The lowest BCUT2D eigenvalue weighted by atomic mass is 10.0. The molecule has 3 rings (SSSR count). The minimum Gasteiger partial charge on any atom is -0.380 e. The van der Waals surface area contributed by atoms with E-state index >= 15 is 0 Å². The predicted octanol–water partition coefficient (Wildman–Crippen LogP) is 1.73. The van der Waals surface area contributed by atoms with E-state index in [0.29, 0.717) is 36.9 Å². The van der Waals surface area contributed by atoms with Crippen LogP contribution in [0.5, 0.6) is 0 Å². The molecule has 1 saturated heterocycles. The lowest BCUT2D eigenvalue weighted by Gasteiger charge is -2.22. The molecule has 124 valence electrons. The third kappa shape index (κ3) is 3.95. The summed E-state index contributed by atoms with van der Waals surface area (Å²) >= 11 is 1.25. The number of aromatic nitrogens is 2. The third-order valence-electron chi connectivity index (χ3n) is 3.75. The van der Waals surface area contributed by atoms with Crippen molar-refractivity contribution in [2.75, 3.05) is 26.3 Å². The molecule has 0 unspecified atom stereocenters. The zero-order valence-electron chi connectivity index (χ0n) is 12.9. The fraction of sp³-hybridized carbons (Fsp3) is 0.467. The van der Waals surface area contributed by atoms with E-state index in [4.69, 9.17) is 4.74 Å². The van der Waals surface area contributed by atoms with Crippen LogP contribution in [0.1, 0.15) is 11.4 Å². The molecule has 0 radical (unpaired) electrons. The summed E-state index contributed by atoms with van der Waals surface area (Å²) in [5.74, 6) is 0.0848. The number of aryl methyl sites for hydroxylation is 1. The monoisotopic (exact) mass is 353 g/mol. The van der Waals surface area contributed by atoms with Crippen molar-refractivity contribution in [3.8, 4) is 0 Å². The Balaban J connectivity index is 1.76. The van der Waals surface area contributed by atoms with Gasteiger partial charge in [0.2, 0.25) is 0 Å². The Hall–Kier alpha value is -1.35. The largest absolute Gasteiger partial charge is 0.380 e. The van der Waals surface area contributed by atoms with Crippen LogP contribution in [0.4, 0.5) is 0 Å². The first kappa shape index (κ1) is 16.5. The number of thiophene rings is 1. The van der Waals surface area contributed by atoms with Gasteiger partial charge in [-0.1, -0.05) is 6.07 Å². The Morgan fingerprint density at radius 3 is 3.04 bits per heavy atom. The van der Waals surface area contributed by atoms with Crippen molar-refractivity contribution in [3.63, 3.8) is 0 Å². The number of hydrogen-bond acceptors (Lipinski definition) is 6. The van der Waals surface area contributed by atoms with Crippen molar-refractivity contribution in [1.29, 1.82) is 0 Å². The Morgan fingerprint density at radius 1 is 1.43 bits per heavy atom. The fourth-order valence-electron chi connectivity index (χ4n) is 2.64. The van der Waals surface area contributed by atoms with Crippen molar-refractivity contribution in [3.05, 3.63) is 41.3 Å². The van der Waals surface area contributed by atoms with Gasteiger partial charge in [0.05, 0.1) is 13.2 Å². The number of nitrogens with zero attached hydrogens (tertiary/aromatic N) is 3. The second-order valence-corrected chi connectivity index (χ2v) is 8.70. The Bertz CT molecular complexity index is 747. The maximum absolute atomic E-state index is 12.7. The van der Waals surface area contributed by atoms with Gasteiger partial charge in [0.1, 0.15) is 10.5 Å². The first-order chi connectivity index (χ1) is 11.1. The van der Waals surface area contributed by atoms with Crippen LogP contribution < -0.4 is 0 Å². The molecule has 1 aliphatic rings. The Labute approximate surface area is 140 Å². The topological polar surface area (TPSA) is 72.4 Å². The standard InChI is InChI=1S/C15H19N3O3S2/c1-12-7-14(17-11-16-12)8-13-9-18(4-5-21-10-13)23(19,20)15-3-2-6-22-15/h2-3,6-7,11,13H,4-5,8-10H2,1H3/t13-/m1/s1.